The lowest BCUT2D eigenvalue weighted by Gasteiger charge is -2.03. The van der Waals surface area contributed by atoms with Gasteiger partial charge in [-0.1, -0.05) is 27.7 Å². The summed E-state index contributed by atoms with van der Waals surface area (Å²) in [6, 6.07) is 0. The van der Waals surface area contributed by atoms with Crippen molar-refractivity contribution in [3.8, 4) is 0 Å². The second-order valence-corrected chi connectivity index (χ2v) is 2.62. The first kappa shape index (κ1) is 16.6. The smallest absolute Gasteiger partial charge is 0.105 e. The summed E-state index contributed by atoms with van der Waals surface area (Å²) in [5.74, 6) is 1.10. The Hall–Kier alpha value is -0.830. The van der Waals surface area contributed by atoms with Crippen molar-refractivity contribution in [3.05, 3.63) is 18.2 Å². The maximum atomic E-state index is 4.14. The van der Waals surface area contributed by atoms with Crippen molar-refractivity contribution in [3.63, 3.8) is 0 Å². The monoisotopic (exact) mass is 213 g/mol. The first-order valence-electron chi connectivity index (χ1n) is 5.97. The Morgan fingerprint density at radius 3 is 2.27 bits per heavy atom. The Morgan fingerprint density at radius 1 is 1.27 bits per heavy atom. The molecule has 1 rings (SSSR count). The summed E-state index contributed by atoms with van der Waals surface area (Å²) in [7, 11) is 1.97. The highest BCUT2D eigenvalue weighted by Crippen LogP contribution is 1.95. The fourth-order valence-electron chi connectivity index (χ4n) is 1.07. The van der Waals surface area contributed by atoms with Crippen molar-refractivity contribution in [2.75, 3.05) is 13.6 Å². The van der Waals surface area contributed by atoms with Gasteiger partial charge in [0.25, 0.3) is 0 Å². The molecule has 1 aromatic heterocycles. The summed E-state index contributed by atoms with van der Waals surface area (Å²) in [6.45, 7) is 12.2. The Kier molecular flexibility index (Phi) is 14.6. The Labute approximate surface area is 94.9 Å². The van der Waals surface area contributed by atoms with E-state index in [1.807, 2.05) is 54.1 Å². The molecule has 3 nitrogen and oxygen atoms in total. The predicted octanol–water partition coefficient (Wildman–Crippen LogP) is 2.85. The third kappa shape index (κ3) is 8.18. The molecule has 0 aliphatic carbocycles. The van der Waals surface area contributed by atoms with Gasteiger partial charge in [-0.3, -0.25) is 0 Å². The number of imidazole rings is 1. The van der Waals surface area contributed by atoms with Gasteiger partial charge in [0.2, 0.25) is 0 Å². The second kappa shape index (κ2) is 13.2. The highest BCUT2D eigenvalue weighted by Gasteiger charge is 1.93. The highest BCUT2D eigenvalue weighted by atomic mass is 15.0. The first-order valence-corrected chi connectivity index (χ1v) is 5.97. The van der Waals surface area contributed by atoms with E-state index in [9.17, 15) is 0 Å². The fraction of sp³-hybridized carbons (Fsp3) is 0.750. The largest absolute Gasteiger partial charge is 0.335 e. The van der Waals surface area contributed by atoms with Crippen LogP contribution in [0.15, 0.2) is 12.4 Å². The molecule has 3 heteroatoms. The topological polar surface area (TPSA) is 29.9 Å². The van der Waals surface area contributed by atoms with Crippen LogP contribution in [-0.4, -0.2) is 23.1 Å². The van der Waals surface area contributed by atoms with E-state index in [1.165, 1.54) is 0 Å². The van der Waals surface area contributed by atoms with Crippen LogP contribution in [0.2, 0.25) is 0 Å². The van der Waals surface area contributed by atoms with E-state index in [-0.39, 0.29) is 0 Å². The normalized spacial score (nSPS) is 8.40. The molecule has 0 saturated carbocycles. The quantitative estimate of drug-likeness (QED) is 0.779. The minimum atomic E-state index is 1.06. The SMILES string of the molecule is CC.CC.CNCCCn1ccnc1C. The maximum Gasteiger partial charge on any atom is 0.105 e. The van der Waals surface area contributed by atoms with Gasteiger partial charge in [0.05, 0.1) is 0 Å². The molecule has 0 radical (unpaired) electrons. The number of aryl methyl sites for hydroxylation is 2. The van der Waals surface area contributed by atoms with Gasteiger partial charge in [0.15, 0.2) is 0 Å². The van der Waals surface area contributed by atoms with E-state index in [0.717, 1.165) is 25.3 Å². The summed E-state index contributed by atoms with van der Waals surface area (Å²) in [5, 5.41) is 3.12. The van der Waals surface area contributed by atoms with Crippen LogP contribution in [0.3, 0.4) is 0 Å². The molecule has 1 aromatic rings. The lowest BCUT2D eigenvalue weighted by atomic mass is 10.4. The van der Waals surface area contributed by atoms with Gasteiger partial charge in [-0.05, 0) is 26.9 Å². The molecule has 90 valence electrons. The third-order valence-corrected chi connectivity index (χ3v) is 1.75. The lowest BCUT2D eigenvalue weighted by Crippen LogP contribution is -2.11. The Morgan fingerprint density at radius 2 is 1.87 bits per heavy atom. The van der Waals surface area contributed by atoms with E-state index < -0.39 is 0 Å². The summed E-state index contributed by atoms with van der Waals surface area (Å²) in [4.78, 5) is 4.14. The molecule has 15 heavy (non-hydrogen) atoms. The van der Waals surface area contributed by atoms with Crippen LogP contribution in [0.1, 0.15) is 39.9 Å². The van der Waals surface area contributed by atoms with Crippen LogP contribution in [-0.2, 0) is 6.54 Å². The van der Waals surface area contributed by atoms with E-state index in [0.29, 0.717) is 0 Å². The molecule has 0 fully saturated rings. The zero-order valence-corrected chi connectivity index (χ0v) is 11.2. The van der Waals surface area contributed by atoms with Crippen LogP contribution in [0.4, 0.5) is 0 Å². The molecule has 0 aliphatic heterocycles. The molecule has 0 bridgehead atoms. The number of rotatable bonds is 4. The molecule has 0 unspecified atom stereocenters. The molecular weight excluding hydrogens is 186 g/mol. The number of nitrogens with one attached hydrogen (secondary N) is 1. The standard InChI is InChI=1S/C8H15N3.2C2H6/c1-8-10-5-7-11(8)6-3-4-9-2;2*1-2/h5,7,9H,3-4,6H2,1-2H3;2*1-2H3. The lowest BCUT2D eigenvalue weighted by molar-refractivity contribution is 0.601. The number of aromatic nitrogens is 2. The number of nitrogens with zero attached hydrogens (tertiary/aromatic N) is 2. The van der Waals surface area contributed by atoms with Crippen LogP contribution < -0.4 is 5.32 Å². The van der Waals surface area contributed by atoms with Gasteiger partial charge >= 0.3 is 0 Å². The molecule has 1 N–H and O–H groups in total. The van der Waals surface area contributed by atoms with Crippen molar-refractivity contribution < 1.29 is 0 Å². The summed E-state index contributed by atoms with van der Waals surface area (Å²) in [5.41, 5.74) is 0. The first-order chi connectivity index (χ1) is 7.34. The zero-order chi connectivity index (χ0) is 12.1. The van der Waals surface area contributed by atoms with E-state index in [1.54, 1.807) is 0 Å². The van der Waals surface area contributed by atoms with E-state index >= 15 is 0 Å². The molecule has 0 amide bonds. The molecule has 0 saturated heterocycles. The molecular formula is C12H27N3. The van der Waals surface area contributed by atoms with Crippen LogP contribution in [0, 0.1) is 6.92 Å². The minimum Gasteiger partial charge on any atom is -0.335 e. The van der Waals surface area contributed by atoms with Crippen molar-refractivity contribution in [2.45, 2.75) is 47.6 Å². The van der Waals surface area contributed by atoms with Crippen LogP contribution >= 0.6 is 0 Å². The van der Waals surface area contributed by atoms with Gasteiger partial charge in [0, 0.05) is 18.9 Å². The molecule has 0 spiro atoms. The maximum absolute atomic E-state index is 4.14. The van der Waals surface area contributed by atoms with Gasteiger partial charge in [0.1, 0.15) is 5.82 Å². The van der Waals surface area contributed by atoms with Crippen molar-refractivity contribution in [1.82, 2.24) is 14.9 Å². The highest BCUT2D eigenvalue weighted by molar-refractivity contribution is 4.87. The average Bonchev–Trinajstić information content (AvgIpc) is 2.71. The summed E-state index contributed by atoms with van der Waals surface area (Å²) in [6.07, 6.45) is 5.02. The van der Waals surface area contributed by atoms with E-state index in [4.69, 9.17) is 0 Å². The van der Waals surface area contributed by atoms with Gasteiger partial charge in [-0.25, -0.2) is 4.98 Å². The van der Waals surface area contributed by atoms with Gasteiger partial charge < -0.3 is 9.88 Å². The second-order valence-electron chi connectivity index (χ2n) is 2.62. The Bertz CT molecular complexity index is 206. The number of hydrogen-bond donors (Lipinski definition) is 1. The van der Waals surface area contributed by atoms with Crippen LogP contribution in [0.5, 0.6) is 0 Å². The summed E-state index contributed by atoms with van der Waals surface area (Å²) >= 11 is 0. The van der Waals surface area contributed by atoms with Crippen molar-refractivity contribution in [1.29, 1.82) is 0 Å². The minimum absolute atomic E-state index is 1.06. The predicted molar refractivity (Wildman–Crippen MR) is 68.2 cm³/mol. The van der Waals surface area contributed by atoms with Crippen LogP contribution in [0.25, 0.3) is 0 Å². The average molecular weight is 213 g/mol. The van der Waals surface area contributed by atoms with E-state index in [2.05, 4.69) is 14.9 Å². The fourth-order valence-corrected chi connectivity index (χ4v) is 1.07. The van der Waals surface area contributed by atoms with Crippen molar-refractivity contribution >= 4 is 0 Å². The van der Waals surface area contributed by atoms with Gasteiger partial charge in [-0.2, -0.15) is 0 Å². The van der Waals surface area contributed by atoms with Crippen molar-refractivity contribution in [2.24, 2.45) is 0 Å². The molecule has 0 aliphatic rings. The summed E-state index contributed by atoms with van der Waals surface area (Å²) < 4.78 is 2.16. The third-order valence-electron chi connectivity index (χ3n) is 1.75. The number of hydrogen-bond acceptors (Lipinski definition) is 2. The zero-order valence-electron chi connectivity index (χ0n) is 11.2. The molecule has 0 atom stereocenters. The molecule has 0 aromatic carbocycles. The Balaban J connectivity index is 0. The molecule has 1 heterocycles. The van der Waals surface area contributed by atoms with Gasteiger partial charge in [-0.15, -0.1) is 0 Å².